The van der Waals surface area contributed by atoms with Crippen molar-refractivity contribution in [3.63, 3.8) is 0 Å². The first kappa shape index (κ1) is 15.9. The molecule has 0 bridgehead atoms. The highest BCUT2D eigenvalue weighted by molar-refractivity contribution is 5.61. The first-order valence-electron chi connectivity index (χ1n) is 5.68. The van der Waals surface area contributed by atoms with E-state index in [0.29, 0.717) is 12.1 Å². The van der Waals surface area contributed by atoms with Gasteiger partial charge in [0, 0.05) is 11.6 Å². The van der Waals surface area contributed by atoms with E-state index in [9.17, 15) is 10.1 Å². The Hall–Kier alpha value is -2.06. The third kappa shape index (κ3) is 5.32. The van der Waals surface area contributed by atoms with Gasteiger partial charge in [-0.2, -0.15) is 0 Å². The number of anilines is 1. The van der Waals surface area contributed by atoms with Crippen LogP contribution in [0.2, 0.25) is 0 Å². The van der Waals surface area contributed by atoms with Gasteiger partial charge < -0.3 is 5.73 Å². The number of nitrogen functional groups attached to an aromatic ring is 1. The lowest BCUT2D eigenvalue weighted by atomic mass is 10.2. The van der Waals surface area contributed by atoms with Gasteiger partial charge in [-0.1, -0.05) is 25.7 Å². The maximum Gasteiger partial charge on any atom is 0.293 e. The zero-order chi connectivity index (χ0) is 14.1. The molecule has 0 saturated heterocycles. The van der Waals surface area contributed by atoms with Crippen molar-refractivity contribution in [3.8, 4) is 11.8 Å². The molecule has 0 aromatic heterocycles. The number of nitrogens with two attached hydrogens (primary N) is 1. The summed E-state index contributed by atoms with van der Waals surface area (Å²) in [5, 5.41) is 10.6. The Labute approximate surface area is 108 Å². The zero-order valence-corrected chi connectivity index (χ0v) is 11.2. The molecule has 0 unspecified atom stereocenters. The van der Waals surface area contributed by atoms with Gasteiger partial charge in [0.1, 0.15) is 5.69 Å². The molecule has 18 heavy (non-hydrogen) atoms. The van der Waals surface area contributed by atoms with Crippen LogP contribution in [0.15, 0.2) is 18.2 Å². The lowest BCUT2D eigenvalue weighted by Gasteiger charge is -2.01. The second-order valence-corrected chi connectivity index (χ2v) is 3.57. The van der Waals surface area contributed by atoms with E-state index < -0.39 is 4.92 Å². The summed E-state index contributed by atoms with van der Waals surface area (Å²) in [5.74, 6) is 5.75. The van der Waals surface area contributed by atoms with Crippen molar-refractivity contribution in [1.29, 1.82) is 0 Å². The monoisotopic (exact) mass is 249 g/mol. The SMILES string of the molecule is CC.CN(C)CC#Cc1ccc(N)c([N+](=O)[O-])c1. The Morgan fingerprint density at radius 3 is 2.50 bits per heavy atom. The average Bonchev–Trinajstić information content (AvgIpc) is 2.33. The maximum absolute atomic E-state index is 10.6. The van der Waals surface area contributed by atoms with Crippen molar-refractivity contribution in [2.24, 2.45) is 0 Å². The molecule has 5 heteroatoms. The smallest absolute Gasteiger partial charge is 0.293 e. The van der Waals surface area contributed by atoms with Gasteiger partial charge >= 0.3 is 0 Å². The number of nitro groups is 1. The molecule has 1 rings (SSSR count). The molecule has 0 heterocycles. The van der Waals surface area contributed by atoms with E-state index in [4.69, 9.17) is 5.73 Å². The normalized spacial score (nSPS) is 8.94. The summed E-state index contributed by atoms with van der Waals surface area (Å²) >= 11 is 0. The minimum absolute atomic E-state index is 0.100. The molecule has 0 amide bonds. The van der Waals surface area contributed by atoms with E-state index in [0.717, 1.165) is 0 Å². The molecule has 0 aliphatic heterocycles. The van der Waals surface area contributed by atoms with Crippen molar-refractivity contribution < 1.29 is 4.92 Å². The fraction of sp³-hybridized carbons (Fsp3) is 0.385. The largest absolute Gasteiger partial charge is 0.393 e. The highest BCUT2D eigenvalue weighted by atomic mass is 16.6. The van der Waals surface area contributed by atoms with Crippen molar-refractivity contribution in [2.75, 3.05) is 26.4 Å². The molecule has 0 aliphatic carbocycles. The summed E-state index contributed by atoms with van der Waals surface area (Å²) in [5.41, 5.74) is 6.12. The maximum atomic E-state index is 10.6. The second kappa shape index (κ2) is 8.09. The van der Waals surface area contributed by atoms with E-state index in [1.165, 1.54) is 12.1 Å². The summed E-state index contributed by atoms with van der Waals surface area (Å²) in [6, 6.07) is 4.56. The third-order valence-corrected chi connectivity index (χ3v) is 1.86. The van der Waals surface area contributed by atoms with Crippen LogP contribution in [0.3, 0.4) is 0 Å². The van der Waals surface area contributed by atoms with Gasteiger partial charge in [-0.25, -0.2) is 0 Å². The number of hydrogen-bond donors (Lipinski definition) is 1. The lowest BCUT2D eigenvalue weighted by Crippen LogP contribution is -2.10. The number of nitrogens with zero attached hydrogens (tertiary/aromatic N) is 2. The van der Waals surface area contributed by atoms with Crippen molar-refractivity contribution in [2.45, 2.75) is 13.8 Å². The molecule has 1 aromatic carbocycles. The molecule has 0 saturated carbocycles. The van der Waals surface area contributed by atoms with E-state index in [-0.39, 0.29) is 11.4 Å². The van der Waals surface area contributed by atoms with Crippen LogP contribution in [0.25, 0.3) is 0 Å². The van der Waals surface area contributed by atoms with Crippen molar-refractivity contribution in [1.82, 2.24) is 4.90 Å². The minimum atomic E-state index is -0.507. The van der Waals surface area contributed by atoms with Crippen molar-refractivity contribution >= 4 is 11.4 Å². The summed E-state index contributed by atoms with van der Waals surface area (Å²) in [4.78, 5) is 12.0. The van der Waals surface area contributed by atoms with Crippen molar-refractivity contribution in [3.05, 3.63) is 33.9 Å². The number of hydrogen-bond acceptors (Lipinski definition) is 4. The van der Waals surface area contributed by atoms with Gasteiger partial charge in [-0.3, -0.25) is 15.0 Å². The fourth-order valence-corrected chi connectivity index (χ4v) is 1.08. The fourth-order valence-electron chi connectivity index (χ4n) is 1.08. The third-order valence-electron chi connectivity index (χ3n) is 1.86. The highest BCUT2D eigenvalue weighted by Crippen LogP contribution is 2.21. The molecule has 0 atom stereocenters. The molecule has 0 fully saturated rings. The number of benzene rings is 1. The van der Waals surface area contributed by atoms with Gasteiger partial charge in [-0.05, 0) is 26.2 Å². The Morgan fingerprint density at radius 1 is 1.39 bits per heavy atom. The Bertz CT molecular complexity index is 459. The Kier molecular flexibility index (Phi) is 7.17. The summed E-state index contributed by atoms with van der Waals surface area (Å²) in [6.45, 7) is 4.61. The van der Waals surface area contributed by atoms with Crippen LogP contribution in [0.5, 0.6) is 0 Å². The standard InChI is InChI=1S/C11H13N3O2.C2H6/c1-13(2)7-3-4-9-5-6-10(12)11(8-9)14(15)16;1-2/h5-6,8H,7,12H2,1-2H3;1-2H3. The molecule has 2 N–H and O–H groups in total. The molecule has 0 aliphatic rings. The Morgan fingerprint density at radius 2 is 2.00 bits per heavy atom. The second-order valence-electron chi connectivity index (χ2n) is 3.57. The predicted molar refractivity (Wildman–Crippen MR) is 74.3 cm³/mol. The van der Waals surface area contributed by atoms with Crippen LogP contribution in [0.4, 0.5) is 11.4 Å². The summed E-state index contributed by atoms with van der Waals surface area (Å²) < 4.78 is 0. The molecular formula is C13H19N3O2. The van der Waals surface area contributed by atoms with Crippen LogP contribution in [0, 0.1) is 22.0 Å². The quantitative estimate of drug-likeness (QED) is 0.377. The lowest BCUT2D eigenvalue weighted by molar-refractivity contribution is -0.383. The number of rotatable bonds is 2. The first-order chi connectivity index (χ1) is 8.50. The molecule has 1 aromatic rings. The molecule has 5 nitrogen and oxygen atoms in total. The summed E-state index contributed by atoms with van der Waals surface area (Å²) in [7, 11) is 3.81. The topological polar surface area (TPSA) is 72.4 Å². The Balaban J connectivity index is 0.00000137. The number of nitro benzene ring substituents is 1. The van der Waals surface area contributed by atoms with Crippen LogP contribution >= 0.6 is 0 Å². The van der Waals surface area contributed by atoms with E-state index in [2.05, 4.69) is 11.8 Å². The van der Waals surface area contributed by atoms with Gasteiger partial charge in [0.25, 0.3) is 5.69 Å². The molecule has 0 spiro atoms. The van der Waals surface area contributed by atoms with Gasteiger partial charge in [0.15, 0.2) is 0 Å². The summed E-state index contributed by atoms with van der Waals surface area (Å²) in [6.07, 6.45) is 0. The minimum Gasteiger partial charge on any atom is -0.393 e. The van der Waals surface area contributed by atoms with E-state index in [1.807, 2.05) is 32.8 Å². The van der Waals surface area contributed by atoms with Gasteiger partial charge in [-0.15, -0.1) is 0 Å². The molecular weight excluding hydrogens is 230 g/mol. The van der Waals surface area contributed by atoms with E-state index in [1.54, 1.807) is 6.07 Å². The van der Waals surface area contributed by atoms with Crippen LogP contribution in [0.1, 0.15) is 19.4 Å². The van der Waals surface area contributed by atoms with Crippen LogP contribution in [-0.4, -0.2) is 30.5 Å². The predicted octanol–water partition coefficient (Wildman–Crippen LogP) is 2.12. The van der Waals surface area contributed by atoms with Gasteiger partial charge in [0.2, 0.25) is 0 Å². The first-order valence-corrected chi connectivity index (χ1v) is 5.68. The highest BCUT2D eigenvalue weighted by Gasteiger charge is 2.10. The molecule has 98 valence electrons. The molecule has 0 radical (unpaired) electrons. The van der Waals surface area contributed by atoms with Crippen LogP contribution in [-0.2, 0) is 0 Å². The van der Waals surface area contributed by atoms with Crippen LogP contribution < -0.4 is 5.73 Å². The van der Waals surface area contributed by atoms with Gasteiger partial charge in [0.05, 0.1) is 11.5 Å². The average molecular weight is 249 g/mol. The van der Waals surface area contributed by atoms with E-state index >= 15 is 0 Å². The zero-order valence-electron chi connectivity index (χ0n) is 11.2.